The number of hydrogen-bond acceptors (Lipinski definition) is 4. The van der Waals surface area contributed by atoms with E-state index in [0.717, 1.165) is 81.1 Å². The van der Waals surface area contributed by atoms with Gasteiger partial charge in [-0.1, -0.05) is 125 Å². The molecule has 0 atom stereocenters. The molecular formula is C42H44N2O2. The lowest BCUT2D eigenvalue weighted by molar-refractivity contribution is 0.304. The lowest BCUT2D eigenvalue weighted by Gasteiger charge is -2.33. The fourth-order valence-electron chi connectivity index (χ4n) is 7.15. The van der Waals surface area contributed by atoms with Gasteiger partial charge in [-0.25, -0.2) is 0 Å². The Bertz CT molecular complexity index is 1810. The van der Waals surface area contributed by atoms with E-state index in [2.05, 4.69) is 147 Å². The van der Waals surface area contributed by atoms with E-state index in [9.17, 15) is 10.2 Å². The third kappa shape index (κ3) is 5.42. The van der Waals surface area contributed by atoms with E-state index in [-0.39, 0.29) is 13.5 Å². The number of para-hydroxylation sites is 2. The Labute approximate surface area is 273 Å². The molecule has 0 amide bonds. The first kappa shape index (κ1) is 31.3. The van der Waals surface area contributed by atoms with E-state index >= 15 is 0 Å². The van der Waals surface area contributed by atoms with Crippen molar-refractivity contribution in [2.24, 2.45) is 0 Å². The molecule has 2 N–H and O–H groups in total. The number of anilines is 4. The molecule has 0 aliphatic heterocycles. The molecular weight excluding hydrogens is 564 g/mol. The summed E-state index contributed by atoms with van der Waals surface area (Å²) >= 11 is 0. The van der Waals surface area contributed by atoms with Crippen molar-refractivity contribution >= 4 is 44.3 Å². The van der Waals surface area contributed by atoms with E-state index in [1.54, 1.807) is 0 Å². The van der Waals surface area contributed by atoms with Crippen LogP contribution in [-0.2, 0) is 25.7 Å². The molecule has 0 radical (unpaired) electrons. The van der Waals surface area contributed by atoms with Gasteiger partial charge in [-0.3, -0.25) is 0 Å². The van der Waals surface area contributed by atoms with E-state index in [1.165, 1.54) is 22.3 Å². The highest BCUT2D eigenvalue weighted by atomic mass is 16.3. The van der Waals surface area contributed by atoms with Crippen molar-refractivity contribution in [3.8, 4) is 11.1 Å². The second-order valence-corrected chi connectivity index (χ2v) is 11.8. The third-order valence-electron chi connectivity index (χ3n) is 9.40. The molecule has 6 aromatic carbocycles. The van der Waals surface area contributed by atoms with Crippen LogP contribution in [0.15, 0.2) is 109 Å². The van der Waals surface area contributed by atoms with Gasteiger partial charge in [-0.2, -0.15) is 0 Å². The summed E-state index contributed by atoms with van der Waals surface area (Å²) in [6.07, 6.45) is 3.42. The number of aliphatic hydroxyl groups is 2. The number of nitrogens with zero attached hydrogens (tertiary/aromatic N) is 2. The van der Waals surface area contributed by atoms with Crippen molar-refractivity contribution in [3.63, 3.8) is 0 Å². The van der Waals surface area contributed by atoms with Gasteiger partial charge in [0.2, 0.25) is 0 Å². The van der Waals surface area contributed by atoms with Gasteiger partial charge in [0.15, 0.2) is 0 Å². The van der Waals surface area contributed by atoms with Gasteiger partial charge in [0.05, 0.1) is 11.4 Å². The molecule has 46 heavy (non-hydrogen) atoms. The first-order valence-corrected chi connectivity index (χ1v) is 16.6. The van der Waals surface area contributed by atoms with Gasteiger partial charge in [0.25, 0.3) is 0 Å². The predicted molar refractivity (Wildman–Crippen MR) is 196 cm³/mol. The van der Waals surface area contributed by atoms with Gasteiger partial charge in [0.1, 0.15) is 13.5 Å². The molecule has 0 bridgehead atoms. The van der Waals surface area contributed by atoms with Crippen LogP contribution in [0.4, 0.5) is 22.7 Å². The maximum absolute atomic E-state index is 11.2. The van der Waals surface area contributed by atoms with Crippen LogP contribution < -0.4 is 9.80 Å². The Morgan fingerprint density at radius 3 is 1.09 bits per heavy atom. The predicted octanol–water partition coefficient (Wildman–Crippen LogP) is 10.1. The monoisotopic (exact) mass is 608 g/mol. The highest BCUT2D eigenvalue weighted by Gasteiger charge is 2.26. The molecule has 0 aromatic heterocycles. The van der Waals surface area contributed by atoms with Crippen molar-refractivity contribution in [2.45, 2.75) is 53.4 Å². The number of aliphatic hydroxyl groups excluding tert-OH is 2. The summed E-state index contributed by atoms with van der Waals surface area (Å²) in [5, 5.41) is 26.9. The lowest BCUT2D eigenvalue weighted by atomic mass is 9.89. The molecule has 0 heterocycles. The second kappa shape index (κ2) is 13.8. The van der Waals surface area contributed by atoms with Crippen molar-refractivity contribution < 1.29 is 10.2 Å². The topological polar surface area (TPSA) is 46.9 Å². The summed E-state index contributed by atoms with van der Waals surface area (Å²) in [6, 6.07) is 38.6. The van der Waals surface area contributed by atoms with Crippen molar-refractivity contribution in [2.75, 3.05) is 23.3 Å². The van der Waals surface area contributed by atoms with Crippen LogP contribution in [0.3, 0.4) is 0 Å². The molecule has 0 saturated heterocycles. The second-order valence-electron chi connectivity index (χ2n) is 11.8. The average Bonchev–Trinajstić information content (AvgIpc) is 3.12. The van der Waals surface area contributed by atoms with Crippen LogP contribution in [-0.4, -0.2) is 23.7 Å². The minimum Gasteiger partial charge on any atom is -0.376 e. The number of rotatable bonds is 11. The zero-order valence-electron chi connectivity index (χ0n) is 27.4. The molecule has 0 unspecified atom stereocenters. The van der Waals surface area contributed by atoms with Crippen LogP contribution in [0, 0.1) is 0 Å². The molecule has 4 heteroatoms. The first-order chi connectivity index (χ1) is 22.6. The molecule has 6 aromatic rings. The van der Waals surface area contributed by atoms with Gasteiger partial charge in [-0.15, -0.1) is 0 Å². The van der Waals surface area contributed by atoms with Gasteiger partial charge < -0.3 is 20.0 Å². The maximum Gasteiger partial charge on any atom is 0.120 e. The summed E-state index contributed by atoms with van der Waals surface area (Å²) in [5.74, 6) is 0. The standard InChI is InChI=1S/C42H44N2O2/c1-5-29-17-13-18-30(6-2)41(29)43(27-45)37-25-23-33-15-9-11-21-35(33)39(37)40-36-22-12-10-16-34(36)24-26-38(40)44(28-46)42-31(7-3)19-14-20-32(42)8-4/h9-26,45-46H,5-8,27-28H2,1-4H3. The Hall–Kier alpha value is -4.64. The number of fused-ring (bicyclic) bond motifs is 2. The minimum absolute atomic E-state index is 0.169. The normalized spacial score (nSPS) is 11.3. The summed E-state index contributed by atoms with van der Waals surface area (Å²) < 4.78 is 0. The van der Waals surface area contributed by atoms with Gasteiger partial charge >= 0.3 is 0 Å². The molecule has 0 aliphatic rings. The molecule has 0 spiro atoms. The third-order valence-corrected chi connectivity index (χ3v) is 9.40. The summed E-state index contributed by atoms with van der Waals surface area (Å²) in [6.45, 7) is 8.36. The van der Waals surface area contributed by atoms with E-state index in [1.807, 2.05) is 0 Å². The summed E-state index contributed by atoms with van der Waals surface area (Å²) in [4.78, 5) is 4.18. The smallest absolute Gasteiger partial charge is 0.120 e. The Balaban J connectivity index is 1.77. The Kier molecular flexibility index (Phi) is 9.39. The number of benzene rings is 6. The van der Waals surface area contributed by atoms with E-state index < -0.39 is 0 Å². The molecule has 6 rings (SSSR count). The minimum atomic E-state index is -0.169. The first-order valence-electron chi connectivity index (χ1n) is 16.6. The van der Waals surface area contributed by atoms with E-state index in [0.29, 0.717) is 0 Å². The van der Waals surface area contributed by atoms with Crippen molar-refractivity contribution in [1.29, 1.82) is 0 Å². The van der Waals surface area contributed by atoms with Crippen molar-refractivity contribution in [1.82, 2.24) is 0 Å². The lowest BCUT2D eigenvalue weighted by Crippen LogP contribution is -2.23. The van der Waals surface area contributed by atoms with Crippen molar-refractivity contribution in [3.05, 3.63) is 131 Å². The average molecular weight is 609 g/mol. The molecule has 0 fully saturated rings. The zero-order chi connectivity index (χ0) is 32.2. The van der Waals surface area contributed by atoms with Gasteiger partial charge in [-0.05, 0) is 81.6 Å². The van der Waals surface area contributed by atoms with Gasteiger partial charge in [0, 0.05) is 22.5 Å². The van der Waals surface area contributed by atoms with Crippen LogP contribution in [0.25, 0.3) is 32.7 Å². The maximum atomic E-state index is 11.2. The molecule has 0 aliphatic carbocycles. The zero-order valence-corrected chi connectivity index (χ0v) is 27.4. The number of aryl methyl sites for hydroxylation is 4. The molecule has 0 saturated carbocycles. The summed E-state index contributed by atoms with van der Waals surface area (Å²) in [7, 11) is 0. The highest BCUT2D eigenvalue weighted by Crippen LogP contribution is 2.49. The van der Waals surface area contributed by atoms with Crippen LogP contribution in [0.1, 0.15) is 49.9 Å². The largest absolute Gasteiger partial charge is 0.376 e. The fourth-order valence-corrected chi connectivity index (χ4v) is 7.15. The molecule has 234 valence electrons. The SMILES string of the molecule is CCc1cccc(CC)c1N(CO)c1ccc2ccccc2c1-c1c(N(CO)c2c(CC)cccc2CC)ccc2ccccc12. The Morgan fingerprint density at radius 2 is 0.761 bits per heavy atom. The van der Waals surface area contributed by atoms with E-state index in [4.69, 9.17) is 0 Å². The van der Waals surface area contributed by atoms with Crippen LogP contribution >= 0.6 is 0 Å². The van der Waals surface area contributed by atoms with Crippen LogP contribution in [0.5, 0.6) is 0 Å². The Morgan fingerprint density at radius 1 is 0.413 bits per heavy atom. The highest BCUT2D eigenvalue weighted by molar-refractivity contribution is 6.15. The number of hydrogen-bond donors (Lipinski definition) is 2. The summed E-state index contributed by atoms with van der Waals surface area (Å²) in [5.41, 5.74) is 10.9. The van der Waals surface area contributed by atoms with Crippen LogP contribution in [0.2, 0.25) is 0 Å². The quantitative estimate of drug-likeness (QED) is 0.144. The fraction of sp³-hybridized carbons (Fsp3) is 0.238. The molecule has 4 nitrogen and oxygen atoms in total.